The molecule has 0 aliphatic heterocycles. The first-order chi connectivity index (χ1) is 11.6. The van der Waals surface area contributed by atoms with Crippen molar-refractivity contribution in [1.82, 2.24) is 0 Å². The minimum absolute atomic E-state index is 0.122. The monoisotopic (exact) mass is 344 g/mol. The number of carbonyl (C=O) groups is 2. The number of nitrogens with one attached hydrogen (secondary N) is 2. The lowest BCUT2D eigenvalue weighted by Crippen LogP contribution is -2.18. The second-order valence-electron chi connectivity index (χ2n) is 5.14. The van der Waals surface area contributed by atoms with E-state index in [2.05, 4.69) is 10.6 Å². The molecule has 2 N–H and O–H groups in total. The average Bonchev–Trinajstić information content (AvgIpc) is 2.57. The van der Waals surface area contributed by atoms with Crippen LogP contribution < -0.4 is 15.4 Å². The van der Waals surface area contributed by atoms with Crippen molar-refractivity contribution in [2.75, 3.05) is 29.2 Å². The standard InChI is InChI=1S/C18H20N2O3S/c1-13-6-3-4-9-16(13)20-18(22)12-24-11-17(21)19-14-7-5-8-15(10-14)23-2/h3-10H,11-12H2,1-2H3,(H,19,21)(H,20,22). The topological polar surface area (TPSA) is 67.4 Å². The van der Waals surface area contributed by atoms with Crippen LogP contribution in [0.4, 0.5) is 11.4 Å². The van der Waals surface area contributed by atoms with Crippen molar-refractivity contribution in [3.63, 3.8) is 0 Å². The van der Waals surface area contributed by atoms with Gasteiger partial charge in [0.1, 0.15) is 5.75 Å². The van der Waals surface area contributed by atoms with Crippen LogP contribution in [0.3, 0.4) is 0 Å². The molecular formula is C18H20N2O3S. The second kappa shape index (κ2) is 8.98. The van der Waals surface area contributed by atoms with E-state index < -0.39 is 0 Å². The Labute approximate surface area is 145 Å². The van der Waals surface area contributed by atoms with Crippen molar-refractivity contribution >= 4 is 35.0 Å². The fourth-order valence-corrected chi connectivity index (χ4v) is 2.65. The second-order valence-corrected chi connectivity index (χ2v) is 6.12. The van der Waals surface area contributed by atoms with E-state index in [1.807, 2.05) is 31.2 Å². The minimum Gasteiger partial charge on any atom is -0.497 e. The molecule has 24 heavy (non-hydrogen) atoms. The Morgan fingerprint density at radius 2 is 1.71 bits per heavy atom. The highest BCUT2D eigenvalue weighted by atomic mass is 32.2. The van der Waals surface area contributed by atoms with Crippen molar-refractivity contribution < 1.29 is 14.3 Å². The first-order valence-corrected chi connectivity index (χ1v) is 8.61. The summed E-state index contributed by atoms with van der Waals surface area (Å²) in [5, 5.41) is 5.62. The normalized spacial score (nSPS) is 10.1. The third-order valence-corrected chi connectivity index (χ3v) is 4.17. The zero-order valence-corrected chi connectivity index (χ0v) is 14.5. The predicted octanol–water partition coefficient (Wildman–Crippen LogP) is 3.31. The zero-order chi connectivity index (χ0) is 17.4. The van der Waals surface area contributed by atoms with Crippen LogP contribution in [0, 0.1) is 6.92 Å². The SMILES string of the molecule is COc1cccc(NC(=O)CSCC(=O)Nc2ccccc2C)c1. The van der Waals surface area contributed by atoms with Gasteiger partial charge >= 0.3 is 0 Å². The van der Waals surface area contributed by atoms with Crippen LogP contribution in [-0.4, -0.2) is 30.4 Å². The molecule has 2 amide bonds. The molecular weight excluding hydrogens is 324 g/mol. The van der Waals surface area contributed by atoms with Crippen LogP contribution in [-0.2, 0) is 9.59 Å². The Morgan fingerprint density at radius 3 is 2.42 bits per heavy atom. The highest BCUT2D eigenvalue weighted by molar-refractivity contribution is 8.00. The lowest BCUT2D eigenvalue weighted by atomic mass is 10.2. The molecule has 0 bridgehead atoms. The maximum absolute atomic E-state index is 11.9. The van der Waals surface area contributed by atoms with Crippen LogP contribution >= 0.6 is 11.8 Å². The number of para-hydroxylation sites is 1. The van der Waals surface area contributed by atoms with Crippen LogP contribution in [0.5, 0.6) is 5.75 Å². The molecule has 0 radical (unpaired) electrons. The van der Waals surface area contributed by atoms with Crippen LogP contribution in [0.1, 0.15) is 5.56 Å². The van der Waals surface area contributed by atoms with Gasteiger partial charge in [-0.05, 0) is 30.7 Å². The molecule has 0 aliphatic carbocycles. The van der Waals surface area contributed by atoms with Gasteiger partial charge in [0, 0.05) is 17.4 Å². The summed E-state index contributed by atoms with van der Waals surface area (Å²) < 4.78 is 5.11. The highest BCUT2D eigenvalue weighted by Crippen LogP contribution is 2.17. The van der Waals surface area contributed by atoms with Crippen LogP contribution in [0.25, 0.3) is 0 Å². The molecule has 0 atom stereocenters. The Kier molecular flexibility index (Phi) is 6.69. The van der Waals surface area contributed by atoms with Gasteiger partial charge in [0.2, 0.25) is 11.8 Å². The lowest BCUT2D eigenvalue weighted by Gasteiger charge is -2.08. The number of methoxy groups -OCH3 is 1. The minimum atomic E-state index is -0.156. The third kappa shape index (κ3) is 5.62. The van der Waals surface area contributed by atoms with Gasteiger partial charge in [0.25, 0.3) is 0 Å². The van der Waals surface area contributed by atoms with Gasteiger partial charge in [-0.2, -0.15) is 0 Å². The molecule has 5 nitrogen and oxygen atoms in total. The van der Waals surface area contributed by atoms with Crippen molar-refractivity contribution in [2.45, 2.75) is 6.92 Å². The number of benzene rings is 2. The summed E-state index contributed by atoms with van der Waals surface area (Å²) in [7, 11) is 1.57. The highest BCUT2D eigenvalue weighted by Gasteiger charge is 2.08. The number of rotatable bonds is 7. The van der Waals surface area contributed by atoms with Gasteiger partial charge in [0.15, 0.2) is 0 Å². The fourth-order valence-electron chi connectivity index (χ4n) is 2.03. The molecule has 0 fully saturated rings. The molecule has 0 unspecified atom stereocenters. The van der Waals surface area contributed by atoms with Crippen molar-refractivity contribution in [3.8, 4) is 5.75 Å². The van der Waals surface area contributed by atoms with Crippen LogP contribution in [0.2, 0.25) is 0 Å². The molecule has 2 aromatic rings. The Balaban J connectivity index is 1.74. The van der Waals surface area contributed by atoms with Crippen molar-refractivity contribution in [2.24, 2.45) is 0 Å². The first kappa shape index (κ1) is 17.9. The van der Waals surface area contributed by atoms with E-state index in [4.69, 9.17) is 4.74 Å². The Morgan fingerprint density at radius 1 is 1.00 bits per heavy atom. The number of anilines is 2. The van der Waals surface area contributed by atoms with E-state index in [-0.39, 0.29) is 23.3 Å². The van der Waals surface area contributed by atoms with E-state index in [1.54, 1.807) is 31.4 Å². The molecule has 0 saturated heterocycles. The number of hydrogen-bond acceptors (Lipinski definition) is 4. The number of thioether (sulfide) groups is 1. The van der Waals surface area contributed by atoms with Gasteiger partial charge < -0.3 is 15.4 Å². The quantitative estimate of drug-likeness (QED) is 0.809. The van der Waals surface area contributed by atoms with E-state index in [9.17, 15) is 9.59 Å². The largest absolute Gasteiger partial charge is 0.497 e. The summed E-state index contributed by atoms with van der Waals surface area (Å²) in [6.45, 7) is 1.93. The van der Waals surface area contributed by atoms with Gasteiger partial charge in [-0.25, -0.2) is 0 Å². The fraction of sp³-hybridized carbons (Fsp3) is 0.222. The molecule has 0 aliphatic rings. The summed E-state index contributed by atoms with van der Waals surface area (Å²) in [5.41, 5.74) is 2.47. The maximum Gasteiger partial charge on any atom is 0.234 e. The summed E-state index contributed by atoms with van der Waals surface area (Å²) in [4.78, 5) is 23.8. The van der Waals surface area contributed by atoms with E-state index >= 15 is 0 Å². The molecule has 2 rings (SSSR count). The maximum atomic E-state index is 11.9. The molecule has 0 heterocycles. The number of carbonyl (C=O) groups excluding carboxylic acids is 2. The van der Waals surface area contributed by atoms with Gasteiger partial charge in [-0.3, -0.25) is 9.59 Å². The molecule has 126 valence electrons. The summed E-state index contributed by atoms with van der Waals surface area (Å²) in [6, 6.07) is 14.7. The first-order valence-electron chi connectivity index (χ1n) is 7.45. The summed E-state index contributed by atoms with van der Waals surface area (Å²) in [5.74, 6) is 0.830. The Hall–Kier alpha value is -2.47. The molecule has 6 heteroatoms. The number of hydrogen-bond donors (Lipinski definition) is 2. The molecule has 0 aromatic heterocycles. The van der Waals surface area contributed by atoms with Gasteiger partial charge in [0.05, 0.1) is 18.6 Å². The predicted molar refractivity (Wildman–Crippen MR) is 98.8 cm³/mol. The van der Waals surface area contributed by atoms with Gasteiger partial charge in [-0.15, -0.1) is 11.8 Å². The Bertz CT molecular complexity index is 719. The lowest BCUT2D eigenvalue weighted by molar-refractivity contribution is -0.114. The number of amides is 2. The van der Waals surface area contributed by atoms with E-state index in [0.29, 0.717) is 11.4 Å². The van der Waals surface area contributed by atoms with Crippen molar-refractivity contribution in [3.05, 3.63) is 54.1 Å². The smallest absolute Gasteiger partial charge is 0.234 e. The molecule has 2 aromatic carbocycles. The summed E-state index contributed by atoms with van der Waals surface area (Å²) >= 11 is 1.27. The van der Waals surface area contributed by atoms with E-state index in [1.165, 1.54) is 11.8 Å². The van der Waals surface area contributed by atoms with Crippen molar-refractivity contribution in [1.29, 1.82) is 0 Å². The van der Waals surface area contributed by atoms with Crippen LogP contribution in [0.15, 0.2) is 48.5 Å². The third-order valence-electron chi connectivity index (χ3n) is 3.24. The average molecular weight is 344 g/mol. The zero-order valence-electron chi connectivity index (χ0n) is 13.7. The molecule has 0 spiro atoms. The summed E-state index contributed by atoms with van der Waals surface area (Å²) in [6.07, 6.45) is 0. The number of ether oxygens (including phenoxy) is 1. The number of aryl methyl sites for hydroxylation is 1. The molecule has 0 saturated carbocycles. The van der Waals surface area contributed by atoms with E-state index in [0.717, 1.165) is 11.3 Å². The van der Waals surface area contributed by atoms with Gasteiger partial charge in [-0.1, -0.05) is 24.3 Å².